The number of hydrogen-bond acceptors (Lipinski definition) is 7. The molecule has 0 bridgehead atoms. The van der Waals surface area contributed by atoms with Crippen molar-refractivity contribution in [3.63, 3.8) is 0 Å². The SMILES string of the molecule is CCOC(=O)c1nc(-c2cn(C)nn2)oc1N. The number of nitrogens with zero attached hydrogens (tertiary/aromatic N) is 4. The van der Waals surface area contributed by atoms with Crippen molar-refractivity contribution in [1.29, 1.82) is 0 Å². The molecule has 8 nitrogen and oxygen atoms in total. The highest BCUT2D eigenvalue weighted by atomic mass is 16.5. The molecule has 0 unspecified atom stereocenters. The quantitative estimate of drug-likeness (QED) is 0.761. The van der Waals surface area contributed by atoms with Crippen LogP contribution >= 0.6 is 0 Å². The molecule has 8 heteroatoms. The third-order valence-corrected chi connectivity index (χ3v) is 1.94. The maximum Gasteiger partial charge on any atom is 0.362 e. The van der Waals surface area contributed by atoms with Gasteiger partial charge in [0.25, 0.3) is 5.89 Å². The number of carbonyl (C=O) groups excluding carboxylic acids is 1. The Balaban J connectivity index is 2.33. The third kappa shape index (κ3) is 2.10. The summed E-state index contributed by atoms with van der Waals surface area (Å²) >= 11 is 0. The summed E-state index contributed by atoms with van der Waals surface area (Å²) in [7, 11) is 1.70. The van der Waals surface area contributed by atoms with Crippen LogP contribution in [-0.2, 0) is 11.8 Å². The molecule has 2 aromatic rings. The maximum atomic E-state index is 11.4. The van der Waals surface area contributed by atoms with Gasteiger partial charge in [-0.3, -0.25) is 4.68 Å². The first kappa shape index (κ1) is 11.1. The van der Waals surface area contributed by atoms with Gasteiger partial charge in [-0.05, 0) is 6.92 Å². The van der Waals surface area contributed by atoms with Gasteiger partial charge in [-0.25, -0.2) is 4.79 Å². The monoisotopic (exact) mass is 237 g/mol. The van der Waals surface area contributed by atoms with E-state index in [0.717, 1.165) is 0 Å². The van der Waals surface area contributed by atoms with Crippen LogP contribution in [-0.4, -0.2) is 32.6 Å². The van der Waals surface area contributed by atoms with Crippen molar-refractivity contribution in [2.75, 3.05) is 12.3 Å². The Bertz CT molecular complexity index is 545. The Morgan fingerprint density at radius 2 is 2.41 bits per heavy atom. The molecule has 0 radical (unpaired) electrons. The summed E-state index contributed by atoms with van der Waals surface area (Å²) in [5.74, 6) is -0.577. The van der Waals surface area contributed by atoms with Crippen LogP contribution in [0.3, 0.4) is 0 Å². The van der Waals surface area contributed by atoms with Gasteiger partial charge in [0.05, 0.1) is 12.8 Å². The Labute approximate surface area is 96.4 Å². The standard InChI is InChI=1S/C9H11N5O3/c1-3-16-9(15)6-7(10)17-8(11-6)5-4-14(2)13-12-5/h4H,3,10H2,1-2H3. The zero-order valence-electron chi connectivity index (χ0n) is 9.38. The summed E-state index contributed by atoms with van der Waals surface area (Å²) in [5, 5.41) is 7.52. The Hall–Kier alpha value is -2.38. The van der Waals surface area contributed by atoms with E-state index in [9.17, 15) is 4.79 Å². The minimum Gasteiger partial charge on any atom is -0.461 e. The number of ether oxygens (including phenoxy) is 1. The Morgan fingerprint density at radius 3 is 3.00 bits per heavy atom. The van der Waals surface area contributed by atoms with Crippen molar-refractivity contribution in [3.8, 4) is 11.6 Å². The van der Waals surface area contributed by atoms with E-state index >= 15 is 0 Å². The molecule has 17 heavy (non-hydrogen) atoms. The number of esters is 1. The van der Waals surface area contributed by atoms with Gasteiger partial charge in [-0.15, -0.1) is 5.10 Å². The smallest absolute Gasteiger partial charge is 0.362 e. The van der Waals surface area contributed by atoms with Crippen LogP contribution in [0.1, 0.15) is 17.4 Å². The lowest BCUT2D eigenvalue weighted by molar-refractivity contribution is 0.0521. The number of rotatable bonds is 3. The van der Waals surface area contributed by atoms with Crippen LogP contribution in [0.2, 0.25) is 0 Å². The molecule has 0 aliphatic rings. The molecule has 2 aromatic heterocycles. The average Bonchev–Trinajstić information content (AvgIpc) is 2.85. The predicted octanol–water partition coefficient (Wildman–Crippen LogP) is 0.229. The van der Waals surface area contributed by atoms with Crippen LogP contribution in [0.4, 0.5) is 5.88 Å². The largest absolute Gasteiger partial charge is 0.461 e. The van der Waals surface area contributed by atoms with Crippen molar-refractivity contribution in [2.24, 2.45) is 7.05 Å². The van der Waals surface area contributed by atoms with Gasteiger partial charge in [0.1, 0.15) is 0 Å². The summed E-state index contributed by atoms with van der Waals surface area (Å²) in [4.78, 5) is 15.4. The van der Waals surface area contributed by atoms with E-state index in [2.05, 4.69) is 15.3 Å². The molecule has 0 aliphatic heterocycles. The fourth-order valence-electron chi connectivity index (χ4n) is 1.23. The van der Waals surface area contributed by atoms with Gasteiger partial charge in [0.2, 0.25) is 11.6 Å². The highest BCUT2D eigenvalue weighted by Gasteiger charge is 2.21. The molecule has 2 rings (SSSR count). The van der Waals surface area contributed by atoms with E-state index in [0.29, 0.717) is 5.69 Å². The van der Waals surface area contributed by atoms with E-state index in [1.54, 1.807) is 20.2 Å². The van der Waals surface area contributed by atoms with Gasteiger partial charge in [-0.1, -0.05) is 5.21 Å². The van der Waals surface area contributed by atoms with Crippen LogP contribution in [0, 0.1) is 0 Å². The van der Waals surface area contributed by atoms with Gasteiger partial charge in [0, 0.05) is 7.05 Å². The first-order valence-electron chi connectivity index (χ1n) is 4.92. The molecule has 0 fully saturated rings. The molecular weight excluding hydrogens is 226 g/mol. The number of nitrogens with two attached hydrogens (primary N) is 1. The highest BCUT2D eigenvalue weighted by molar-refractivity contribution is 5.92. The van der Waals surface area contributed by atoms with E-state index in [1.165, 1.54) is 4.68 Å². The third-order valence-electron chi connectivity index (χ3n) is 1.94. The summed E-state index contributed by atoms with van der Waals surface area (Å²) in [5.41, 5.74) is 5.88. The van der Waals surface area contributed by atoms with E-state index in [1.807, 2.05) is 0 Å². The van der Waals surface area contributed by atoms with Crippen molar-refractivity contribution < 1.29 is 13.9 Å². The fourth-order valence-corrected chi connectivity index (χ4v) is 1.23. The van der Waals surface area contributed by atoms with Gasteiger partial charge < -0.3 is 14.9 Å². The average molecular weight is 237 g/mol. The first-order chi connectivity index (χ1) is 8.11. The second kappa shape index (κ2) is 4.24. The van der Waals surface area contributed by atoms with Gasteiger partial charge in [0.15, 0.2) is 5.69 Å². The number of carbonyl (C=O) groups is 1. The Morgan fingerprint density at radius 1 is 1.65 bits per heavy atom. The topological polar surface area (TPSA) is 109 Å². The summed E-state index contributed by atoms with van der Waals surface area (Å²) in [6, 6.07) is 0. The summed E-state index contributed by atoms with van der Waals surface area (Å²) < 4.78 is 11.4. The number of nitrogen functional groups attached to an aromatic ring is 1. The zero-order valence-corrected chi connectivity index (χ0v) is 9.38. The Kier molecular flexibility index (Phi) is 2.77. The number of hydrogen-bond donors (Lipinski definition) is 1. The van der Waals surface area contributed by atoms with Crippen LogP contribution in [0.5, 0.6) is 0 Å². The maximum absolute atomic E-state index is 11.4. The number of oxazole rings is 1. The second-order valence-corrected chi connectivity index (χ2v) is 3.23. The molecule has 2 heterocycles. The van der Waals surface area contributed by atoms with Gasteiger partial charge in [-0.2, -0.15) is 4.98 Å². The molecule has 0 amide bonds. The first-order valence-corrected chi connectivity index (χ1v) is 4.92. The molecule has 0 aliphatic carbocycles. The molecule has 0 saturated carbocycles. The number of aromatic nitrogens is 4. The lowest BCUT2D eigenvalue weighted by Gasteiger charge is -1.96. The van der Waals surface area contributed by atoms with E-state index in [4.69, 9.17) is 14.9 Å². The minimum absolute atomic E-state index is 0.0486. The normalized spacial score (nSPS) is 10.5. The molecule has 0 spiro atoms. The number of aryl methyl sites for hydroxylation is 1. The molecule has 0 atom stereocenters. The van der Waals surface area contributed by atoms with Crippen LogP contribution < -0.4 is 5.73 Å². The van der Waals surface area contributed by atoms with Crippen molar-refractivity contribution >= 4 is 11.9 Å². The lowest BCUT2D eigenvalue weighted by atomic mass is 10.4. The molecule has 0 aromatic carbocycles. The van der Waals surface area contributed by atoms with E-state index in [-0.39, 0.29) is 24.1 Å². The molecule has 0 saturated heterocycles. The van der Waals surface area contributed by atoms with E-state index < -0.39 is 5.97 Å². The fraction of sp³-hybridized carbons (Fsp3) is 0.333. The lowest BCUT2D eigenvalue weighted by Crippen LogP contribution is -2.07. The number of anilines is 1. The van der Waals surface area contributed by atoms with Crippen molar-refractivity contribution in [3.05, 3.63) is 11.9 Å². The van der Waals surface area contributed by atoms with Gasteiger partial charge >= 0.3 is 5.97 Å². The highest BCUT2D eigenvalue weighted by Crippen LogP contribution is 2.21. The van der Waals surface area contributed by atoms with Crippen molar-refractivity contribution in [2.45, 2.75) is 6.92 Å². The molecule has 2 N–H and O–H groups in total. The summed E-state index contributed by atoms with van der Waals surface area (Å²) in [6.45, 7) is 1.93. The second-order valence-electron chi connectivity index (χ2n) is 3.23. The van der Waals surface area contributed by atoms with Crippen LogP contribution in [0.25, 0.3) is 11.6 Å². The predicted molar refractivity (Wildman–Crippen MR) is 56.9 cm³/mol. The summed E-state index contributed by atoms with van der Waals surface area (Å²) in [6.07, 6.45) is 1.60. The zero-order chi connectivity index (χ0) is 12.4. The van der Waals surface area contributed by atoms with Crippen LogP contribution in [0.15, 0.2) is 10.6 Å². The molecular formula is C9H11N5O3. The minimum atomic E-state index is -0.621. The van der Waals surface area contributed by atoms with Crippen molar-refractivity contribution in [1.82, 2.24) is 20.0 Å². The molecule has 90 valence electrons.